The number of hydrogen-bond acceptors (Lipinski definition) is 6. The summed E-state index contributed by atoms with van der Waals surface area (Å²) in [6.45, 7) is 6.48. The Balaban J connectivity index is 1.73. The Morgan fingerprint density at radius 3 is 2.67 bits per heavy atom. The topological polar surface area (TPSA) is 75.0 Å². The minimum absolute atomic E-state index is 0.335. The lowest BCUT2D eigenvalue weighted by atomic mass is 10.0. The molecule has 2 aromatic carbocycles. The van der Waals surface area contributed by atoms with E-state index in [4.69, 9.17) is 4.74 Å². The van der Waals surface area contributed by atoms with Crippen molar-refractivity contribution < 1.29 is 9.53 Å². The SMILES string of the molecule is CCCOC(=O)c1ccc(N/C=C(\C#N)c2nc(-c3ccc(C)cc3C)cs2)cc1. The molecular formula is C24H23N3O2S. The second-order valence-corrected chi connectivity index (χ2v) is 7.74. The van der Waals surface area contributed by atoms with E-state index in [1.165, 1.54) is 16.9 Å². The number of anilines is 1. The van der Waals surface area contributed by atoms with Gasteiger partial charge in [-0.2, -0.15) is 5.26 Å². The zero-order valence-corrected chi connectivity index (χ0v) is 18.0. The number of aromatic nitrogens is 1. The maximum atomic E-state index is 11.9. The molecule has 3 rings (SSSR count). The second-order valence-electron chi connectivity index (χ2n) is 6.88. The van der Waals surface area contributed by atoms with Crippen LogP contribution in [0.5, 0.6) is 0 Å². The number of nitrogens with one attached hydrogen (secondary N) is 1. The largest absolute Gasteiger partial charge is 0.462 e. The third-order valence-corrected chi connectivity index (χ3v) is 5.33. The number of rotatable bonds is 7. The molecule has 0 unspecified atom stereocenters. The minimum atomic E-state index is -0.335. The summed E-state index contributed by atoms with van der Waals surface area (Å²) in [6, 6.07) is 15.4. The zero-order chi connectivity index (χ0) is 21.5. The van der Waals surface area contributed by atoms with Crippen molar-refractivity contribution in [2.24, 2.45) is 0 Å². The van der Waals surface area contributed by atoms with Gasteiger partial charge in [-0.1, -0.05) is 30.7 Å². The van der Waals surface area contributed by atoms with Crippen LogP contribution in [0.3, 0.4) is 0 Å². The molecule has 3 aromatic rings. The molecule has 0 aliphatic heterocycles. The van der Waals surface area contributed by atoms with Crippen molar-refractivity contribution in [3.05, 3.63) is 75.7 Å². The summed E-state index contributed by atoms with van der Waals surface area (Å²) in [4.78, 5) is 16.5. The maximum Gasteiger partial charge on any atom is 0.338 e. The summed E-state index contributed by atoms with van der Waals surface area (Å²) < 4.78 is 5.12. The van der Waals surface area contributed by atoms with Gasteiger partial charge in [0.2, 0.25) is 0 Å². The number of nitrogens with zero attached hydrogens (tertiary/aromatic N) is 2. The van der Waals surface area contributed by atoms with Crippen molar-refractivity contribution in [3.8, 4) is 17.3 Å². The van der Waals surface area contributed by atoms with Crippen LogP contribution in [0, 0.1) is 25.2 Å². The summed E-state index contributed by atoms with van der Waals surface area (Å²) in [5.41, 5.74) is 6.01. The fourth-order valence-corrected chi connectivity index (χ4v) is 3.69. The number of aryl methyl sites for hydroxylation is 2. The molecule has 1 N–H and O–H groups in total. The highest BCUT2D eigenvalue weighted by molar-refractivity contribution is 7.11. The molecule has 30 heavy (non-hydrogen) atoms. The number of nitriles is 1. The van der Waals surface area contributed by atoms with E-state index >= 15 is 0 Å². The average molecular weight is 418 g/mol. The summed E-state index contributed by atoms with van der Waals surface area (Å²) in [5, 5.41) is 15.3. The van der Waals surface area contributed by atoms with E-state index in [1.807, 2.05) is 12.3 Å². The van der Waals surface area contributed by atoms with Gasteiger partial charge in [0.15, 0.2) is 0 Å². The van der Waals surface area contributed by atoms with E-state index < -0.39 is 0 Å². The quantitative estimate of drug-likeness (QED) is 0.379. The van der Waals surface area contributed by atoms with Gasteiger partial charge in [-0.15, -0.1) is 11.3 Å². The molecule has 0 saturated heterocycles. The second kappa shape index (κ2) is 9.86. The molecule has 1 aromatic heterocycles. The Bertz CT molecular complexity index is 1110. The van der Waals surface area contributed by atoms with E-state index in [-0.39, 0.29) is 5.97 Å². The Morgan fingerprint density at radius 2 is 2.00 bits per heavy atom. The average Bonchev–Trinajstić information content (AvgIpc) is 3.22. The Kier molecular flexibility index (Phi) is 6.99. The van der Waals surface area contributed by atoms with E-state index in [2.05, 4.69) is 48.4 Å². The molecule has 5 nitrogen and oxygen atoms in total. The van der Waals surface area contributed by atoms with Gasteiger partial charge < -0.3 is 10.1 Å². The third-order valence-electron chi connectivity index (χ3n) is 4.45. The first kappa shape index (κ1) is 21.3. The Labute approximate surface area is 180 Å². The highest BCUT2D eigenvalue weighted by Gasteiger charge is 2.11. The highest BCUT2D eigenvalue weighted by Crippen LogP contribution is 2.28. The number of hydrogen-bond donors (Lipinski definition) is 1. The Hall–Kier alpha value is -3.43. The van der Waals surface area contributed by atoms with Crippen LogP contribution in [0.2, 0.25) is 0 Å². The van der Waals surface area contributed by atoms with Gasteiger partial charge in [-0.25, -0.2) is 9.78 Å². The first-order valence-corrected chi connectivity index (χ1v) is 10.6. The number of allylic oxidation sites excluding steroid dienone is 1. The molecule has 0 aliphatic carbocycles. The van der Waals surface area contributed by atoms with Crippen LogP contribution in [0.25, 0.3) is 16.8 Å². The molecule has 0 radical (unpaired) electrons. The third kappa shape index (κ3) is 5.13. The summed E-state index contributed by atoms with van der Waals surface area (Å²) in [7, 11) is 0. The van der Waals surface area contributed by atoms with Crippen LogP contribution >= 0.6 is 11.3 Å². The van der Waals surface area contributed by atoms with Gasteiger partial charge in [0.1, 0.15) is 16.6 Å². The van der Waals surface area contributed by atoms with E-state index in [0.29, 0.717) is 22.8 Å². The van der Waals surface area contributed by atoms with Crippen molar-refractivity contribution >= 4 is 28.6 Å². The van der Waals surface area contributed by atoms with Crippen LogP contribution in [0.15, 0.2) is 54.0 Å². The molecule has 6 heteroatoms. The molecule has 0 bridgehead atoms. The van der Waals surface area contributed by atoms with Gasteiger partial charge >= 0.3 is 5.97 Å². The molecule has 0 spiro atoms. The number of thiazole rings is 1. The minimum Gasteiger partial charge on any atom is -0.462 e. The molecular weight excluding hydrogens is 394 g/mol. The number of esters is 1. The van der Waals surface area contributed by atoms with Crippen molar-refractivity contribution in [2.45, 2.75) is 27.2 Å². The fourth-order valence-electron chi connectivity index (χ4n) is 2.90. The monoisotopic (exact) mass is 417 g/mol. The number of ether oxygens (including phenoxy) is 1. The van der Waals surface area contributed by atoms with Crippen molar-refractivity contribution in [3.63, 3.8) is 0 Å². The fraction of sp³-hybridized carbons (Fsp3) is 0.208. The van der Waals surface area contributed by atoms with Gasteiger partial charge in [0.05, 0.1) is 17.9 Å². The predicted octanol–water partition coefficient (Wildman–Crippen LogP) is 5.97. The summed E-state index contributed by atoms with van der Waals surface area (Å²) in [5.74, 6) is -0.335. The molecule has 152 valence electrons. The van der Waals surface area contributed by atoms with Crippen LogP contribution in [0.4, 0.5) is 5.69 Å². The first-order chi connectivity index (χ1) is 14.5. The molecule has 0 saturated carbocycles. The lowest BCUT2D eigenvalue weighted by Gasteiger charge is -2.05. The normalized spacial score (nSPS) is 11.1. The van der Waals surface area contributed by atoms with E-state index in [9.17, 15) is 10.1 Å². The van der Waals surface area contributed by atoms with E-state index in [1.54, 1.807) is 30.5 Å². The van der Waals surface area contributed by atoms with Gasteiger partial charge in [-0.3, -0.25) is 0 Å². The lowest BCUT2D eigenvalue weighted by Crippen LogP contribution is -2.05. The van der Waals surface area contributed by atoms with E-state index in [0.717, 1.165) is 28.9 Å². The van der Waals surface area contributed by atoms with Crippen molar-refractivity contribution in [2.75, 3.05) is 11.9 Å². The van der Waals surface area contributed by atoms with Crippen LogP contribution in [0.1, 0.15) is 39.8 Å². The number of benzene rings is 2. The summed E-state index contributed by atoms with van der Waals surface area (Å²) in [6.07, 6.45) is 2.42. The number of carbonyl (C=O) groups is 1. The van der Waals surface area contributed by atoms with Crippen LogP contribution in [-0.2, 0) is 4.74 Å². The van der Waals surface area contributed by atoms with Crippen molar-refractivity contribution in [1.82, 2.24) is 4.98 Å². The molecule has 0 amide bonds. The molecule has 1 heterocycles. The van der Waals surface area contributed by atoms with Gasteiger partial charge in [0.25, 0.3) is 0 Å². The number of carbonyl (C=O) groups excluding carboxylic acids is 1. The van der Waals surface area contributed by atoms with Crippen LogP contribution in [-0.4, -0.2) is 17.6 Å². The molecule has 0 atom stereocenters. The predicted molar refractivity (Wildman–Crippen MR) is 121 cm³/mol. The van der Waals surface area contributed by atoms with Crippen molar-refractivity contribution in [1.29, 1.82) is 5.26 Å². The van der Waals surface area contributed by atoms with Crippen LogP contribution < -0.4 is 5.32 Å². The molecule has 0 fully saturated rings. The highest BCUT2D eigenvalue weighted by atomic mass is 32.1. The Morgan fingerprint density at radius 1 is 1.23 bits per heavy atom. The van der Waals surface area contributed by atoms with Gasteiger partial charge in [-0.05, 0) is 50.1 Å². The first-order valence-electron chi connectivity index (χ1n) is 9.69. The lowest BCUT2D eigenvalue weighted by molar-refractivity contribution is 0.0505. The summed E-state index contributed by atoms with van der Waals surface area (Å²) >= 11 is 1.44. The molecule has 0 aliphatic rings. The maximum absolute atomic E-state index is 11.9. The zero-order valence-electron chi connectivity index (χ0n) is 17.2. The standard InChI is InChI=1S/C24H23N3O2S/c1-4-11-29-24(28)18-6-8-20(9-7-18)26-14-19(13-25)23-27-22(15-30-23)21-10-5-16(2)12-17(21)3/h5-10,12,14-15,26H,4,11H2,1-3H3/b19-14+. The van der Waals surface area contributed by atoms with Gasteiger partial charge in [0, 0.05) is 22.8 Å². The smallest absolute Gasteiger partial charge is 0.338 e.